The normalized spacial score (nSPS) is 56.3. The van der Waals surface area contributed by atoms with Crippen LogP contribution < -0.4 is 0 Å². The molecule has 0 aromatic carbocycles. The molecule has 19 nitrogen and oxygen atoms in total. The molecular formula is C44H74O19. The van der Waals surface area contributed by atoms with E-state index in [1.165, 1.54) is 0 Å². The molecule has 0 aromatic rings. The molecule has 4 aliphatic carbocycles. The molecule has 27 atom stereocenters. The van der Waals surface area contributed by atoms with Gasteiger partial charge in [-0.15, -0.1) is 0 Å². The van der Waals surface area contributed by atoms with E-state index in [9.17, 15) is 61.3 Å². The van der Waals surface area contributed by atoms with Crippen molar-refractivity contribution in [1.82, 2.24) is 0 Å². The van der Waals surface area contributed by atoms with Crippen LogP contribution >= 0.6 is 0 Å². The lowest BCUT2D eigenvalue weighted by atomic mass is 9.44. The number of aliphatic hydroxyl groups is 12. The quantitative estimate of drug-likeness (QED) is 0.0928. The average Bonchev–Trinajstić information content (AvgIpc) is 3.69. The van der Waals surface area contributed by atoms with E-state index in [0.717, 1.165) is 32.1 Å². The average molecular weight is 907 g/mol. The third kappa shape index (κ3) is 8.69. The van der Waals surface area contributed by atoms with E-state index in [-0.39, 0.29) is 53.8 Å². The van der Waals surface area contributed by atoms with Crippen molar-refractivity contribution in [3.05, 3.63) is 0 Å². The highest BCUT2D eigenvalue weighted by Gasteiger charge is 2.69. The van der Waals surface area contributed by atoms with Gasteiger partial charge in [-0.1, -0.05) is 27.7 Å². The van der Waals surface area contributed by atoms with Gasteiger partial charge in [0.2, 0.25) is 0 Å². The number of rotatable bonds is 12. The minimum atomic E-state index is -1.66. The van der Waals surface area contributed by atoms with E-state index in [0.29, 0.717) is 43.4 Å². The van der Waals surface area contributed by atoms with Gasteiger partial charge in [-0.25, -0.2) is 0 Å². The Kier molecular flexibility index (Phi) is 14.4. The van der Waals surface area contributed by atoms with Gasteiger partial charge < -0.3 is 94.4 Å². The smallest absolute Gasteiger partial charge is 0.187 e. The summed E-state index contributed by atoms with van der Waals surface area (Å²) in [5.74, 6) is 0.0396. The van der Waals surface area contributed by atoms with Crippen LogP contribution in [0.2, 0.25) is 0 Å². The third-order valence-corrected chi connectivity index (χ3v) is 17.6. The first-order valence-electron chi connectivity index (χ1n) is 23.3. The zero-order chi connectivity index (χ0) is 45.5. The lowest BCUT2D eigenvalue weighted by Crippen LogP contribution is -2.62. The molecule has 0 spiro atoms. The molecule has 8 aliphatic rings. The van der Waals surface area contributed by atoms with Crippen molar-refractivity contribution in [1.29, 1.82) is 0 Å². The van der Waals surface area contributed by atoms with Crippen molar-refractivity contribution in [3.63, 3.8) is 0 Å². The maximum Gasteiger partial charge on any atom is 0.187 e. The largest absolute Gasteiger partial charge is 0.394 e. The van der Waals surface area contributed by atoms with Crippen molar-refractivity contribution in [3.8, 4) is 0 Å². The van der Waals surface area contributed by atoms with Gasteiger partial charge in [0.1, 0.15) is 67.1 Å². The van der Waals surface area contributed by atoms with E-state index >= 15 is 0 Å². The van der Waals surface area contributed by atoms with Crippen LogP contribution in [0.4, 0.5) is 0 Å². The molecule has 0 amide bonds. The molecule has 4 aliphatic heterocycles. The summed E-state index contributed by atoms with van der Waals surface area (Å²) in [5.41, 5.74) is -0.225. The number of fused-ring (bicyclic) bond motifs is 7. The third-order valence-electron chi connectivity index (χ3n) is 17.6. The summed E-state index contributed by atoms with van der Waals surface area (Å²) in [6.07, 6.45) is -14.9. The van der Waals surface area contributed by atoms with Crippen molar-refractivity contribution < 1.29 is 94.4 Å². The van der Waals surface area contributed by atoms with Crippen LogP contribution in [0, 0.1) is 52.3 Å². The Balaban J connectivity index is 0.848. The van der Waals surface area contributed by atoms with Crippen LogP contribution in [-0.4, -0.2) is 198 Å². The zero-order valence-corrected chi connectivity index (χ0v) is 36.8. The van der Waals surface area contributed by atoms with E-state index in [2.05, 4.69) is 20.8 Å². The minimum absolute atomic E-state index is 0.0436. The van der Waals surface area contributed by atoms with Crippen LogP contribution in [0.1, 0.15) is 85.5 Å². The second kappa shape index (κ2) is 18.6. The summed E-state index contributed by atoms with van der Waals surface area (Å²) in [5, 5.41) is 126. The van der Waals surface area contributed by atoms with Crippen LogP contribution in [0.25, 0.3) is 0 Å². The van der Waals surface area contributed by atoms with E-state index in [1.54, 1.807) is 0 Å². The molecule has 0 unspecified atom stereocenters. The summed E-state index contributed by atoms with van der Waals surface area (Å²) < 4.78 is 40.9. The van der Waals surface area contributed by atoms with Crippen molar-refractivity contribution in [2.75, 3.05) is 26.4 Å². The van der Waals surface area contributed by atoms with Gasteiger partial charge in [0, 0.05) is 12.3 Å². The molecule has 364 valence electrons. The highest BCUT2D eigenvalue weighted by molar-refractivity contribution is 5.15. The Morgan fingerprint density at radius 2 is 1.37 bits per heavy atom. The fraction of sp³-hybridized carbons (Fsp3) is 1.00. The standard InChI is InChI=1S/C44H74O19/c1-18(15-57-40-37(54)34(51)32(49)28(14-45)61-40)7-10-44(56)19(2)30-27(63-44)12-23-21-6-5-20-11-26(24(46)13-43(20,4)22(21)8-9-42(23,30)3)60-41-38(55)35(52)33(50)29(62-41)17-59-39-36(53)31(48)25(47)16-58-39/h18-41,45-56H,5-17H2,1-4H3/t18-,19+,20+,21-,22+,23-,24+,25-,26-,27+,28-,29-,30+,31+,32-,33-,34+,35+,36-,37-,38-,39+,40-,41-,42+,43+,44+/m1/s1. The van der Waals surface area contributed by atoms with Crippen molar-refractivity contribution in [2.45, 2.75) is 196 Å². The molecule has 0 radical (unpaired) electrons. The molecule has 4 heterocycles. The lowest BCUT2D eigenvalue weighted by Gasteiger charge is -2.62. The summed E-state index contributed by atoms with van der Waals surface area (Å²) in [7, 11) is 0. The SMILES string of the molecule is C[C@H](CC[C@]1(O)O[C@H]2C[C@@H]3[C@@H]4CC[C@H]5C[C@@H](O[C@@H]6O[C@H](CO[C@@H]7OC[C@@H](O)[C@H](O)[C@H]7O)[C@@H](O)[C@H](O)[C@H]6O)[C@@H](O)C[C@]5(C)[C@H]4CC[C@]3(C)[C@H]2[C@@H]1C)CO[C@@H]1O[C@H](CO)[C@@H](O)[C@H](O)[C@H]1O. The molecule has 4 saturated carbocycles. The fourth-order valence-corrected chi connectivity index (χ4v) is 13.8. The van der Waals surface area contributed by atoms with E-state index < -0.39 is 117 Å². The van der Waals surface area contributed by atoms with Crippen molar-refractivity contribution >= 4 is 0 Å². The number of aliphatic hydroxyl groups excluding tert-OH is 11. The molecule has 0 bridgehead atoms. The van der Waals surface area contributed by atoms with Crippen LogP contribution in [0.5, 0.6) is 0 Å². The maximum absolute atomic E-state index is 12.0. The fourth-order valence-electron chi connectivity index (χ4n) is 13.8. The van der Waals surface area contributed by atoms with E-state index in [4.69, 9.17) is 33.2 Å². The van der Waals surface area contributed by atoms with Crippen LogP contribution in [0.3, 0.4) is 0 Å². The number of hydrogen-bond donors (Lipinski definition) is 12. The van der Waals surface area contributed by atoms with Gasteiger partial charge in [0.25, 0.3) is 0 Å². The summed E-state index contributed by atoms with van der Waals surface area (Å²) in [4.78, 5) is 0. The predicted molar refractivity (Wildman–Crippen MR) is 214 cm³/mol. The molecule has 19 heteroatoms. The highest BCUT2D eigenvalue weighted by atomic mass is 16.7. The topological polar surface area (TPSA) is 307 Å². The first-order chi connectivity index (χ1) is 29.7. The first kappa shape index (κ1) is 48.7. The van der Waals surface area contributed by atoms with Gasteiger partial charge in [-0.3, -0.25) is 0 Å². The predicted octanol–water partition coefficient (Wildman–Crippen LogP) is -2.17. The van der Waals surface area contributed by atoms with Gasteiger partial charge in [0.05, 0.1) is 44.7 Å². The molecule has 8 fully saturated rings. The van der Waals surface area contributed by atoms with Crippen LogP contribution in [0.15, 0.2) is 0 Å². The van der Waals surface area contributed by atoms with Crippen molar-refractivity contribution in [2.24, 2.45) is 52.3 Å². The minimum Gasteiger partial charge on any atom is -0.394 e. The van der Waals surface area contributed by atoms with E-state index in [1.807, 2.05) is 6.92 Å². The van der Waals surface area contributed by atoms with Gasteiger partial charge in [0.15, 0.2) is 24.7 Å². The summed E-state index contributed by atoms with van der Waals surface area (Å²) >= 11 is 0. The Hall–Kier alpha value is -0.760. The molecule has 0 aromatic heterocycles. The summed E-state index contributed by atoms with van der Waals surface area (Å²) in [6, 6.07) is 0. The molecular weight excluding hydrogens is 832 g/mol. The molecule has 12 N–H and O–H groups in total. The Morgan fingerprint density at radius 3 is 2.08 bits per heavy atom. The molecule has 8 rings (SSSR count). The van der Waals surface area contributed by atoms with Gasteiger partial charge in [-0.2, -0.15) is 0 Å². The molecule has 4 saturated heterocycles. The Morgan fingerprint density at radius 1 is 0.698 bits per heavy atom. The lowest BCUT2D eigenvalue weighted by molar-refractivity contribution is -0.336. The number of ether oxygens (including phenoxy) is 7. The Labute approximate surface area is 368 Å². The maximum atomic E-state index is 12.0. The van der Waals surface area contributed by atoms with Crippen LogP contribution in [-0.2, 0) is 33.2 Å². The highest BCUT2D eigenvalue weighted by Crippen LogP contribution is 2.71. The van der Waals surface area contributed by atoms with Gasteiger partial charge >= 0.3 is 0 Å². The monoisotopic (exact) mass is 906 g/mol. The van der Waals surface area contributed by atoms with Gasteiger partial charge in [-0.05, 0) is 97.7 Å². The summed E-state index contributed by atoms with van der Waals surface area (Å²) in [6.45, 7) is 7.67. The first-order valence-corrected chi connectivity index (χ1v) is 23.3. The number of hydrogen-bond acceptors (Lipinski definition) is 19. The second-order valence-electron chi connectivity index (χ2n) is 21.2. The Bertz CT molecular complexity index is 1550. The second-order valence-corrected chi connectivity index (χ2v) is 21.2. The molecule has 63 heavy (non-hydrogen) atoms. The zero-order valence-electron chi connectivity index (χ0n) is 36.8.